The third-order valence-electron chi connectivity index (χ3n) is 7.52. The first-order chi connectivity index (χ1) is 19.9. The minimum Gasteiger partial charge on any atom is -0.444 e. The zero-order chi connectivity index (χ0) is 31.7. The Hall–Kier alpha value is -3.64. The number of hydrogen-bond acceptors (Lipinski definition) is 6. The highest BCUT2D eigenvalue weighted by Gasteiger charge is 2.40. The molecule has 4 rings (SSSR count). The molecule has 1 atom stereocenters. The summed E-state index contributed by atoms with van der Waals surface area (Å²) in [6, 6.07) is 2.71. The van der Waals surface area contributed by atoms with E-state index in [4.69, 9.17) is 4.74 Å². The average molecular weight is 613 g/mol. The molecule has 1 aromatic heterocycles. The second-order valence-electron chi connectivity index (χ2n) is 12.5. The maximum absolute atomic E-state index is 14.7. The van der Waals surface area contributed by atoms with Gasteiger partial charge in [-0.2, -0.15) is 8.78 Å². The minimum atomic E-state index is -3.19. The second-order valence-corrected chi connectivity index (χ2v) is 12.5. The van der Waals surface area contributed by atoms with Crippen LogP contribution in [0, 0.1) is 12.7 Å². The number of anilines is 1. The number of pyridine rings is 1. The Morgan fingerprint density at radius 3 is 2.42 bits per heavy atom. The van der Waals surface area contributed by atoms with Crippen LogP contribution in [-0.2, 0) is 4.74 Å². The molecule has 1 aliphatic carbocycles. The van der Waals surface area contributed by atoms with Gasteiger partial charge in [0.2, 0.25) is 5.92 Å². The van der Waals surface area contributed by atoms with Gasteiger partial charge in [0.25, 0.3) is 5.91 Å². The quantitative estimate of drug-likeness (QED) is 0.343. The van der Waals surface area contributed by atoms with E-state index < -0.39 is 53.3 Å². The average Bonchev–Trinajstić information content (AvgIpc) is 3.23. The third kappa shape index (κ3) is 8.26. The van der Waals surface area contributed by atoms with Gasteiger partial charge in [-0.25, -0.2) is 18.0 Å². The molecule has 2 heterocycles. The number of nitrogens with zero attached hydrogens (tertiary/aromatic N) is 2. The molecule has 0 unspecified atom stereocenters. The lowest BCUT2D eigenvalue weighted by atomic mass is 9.92. The number of rotatable bonds is 7. The molecular weight excluding hydrogens is 575 g/mol. The van der Waals surface area contributed by atoms with Gasteiger partial charge in [-0.05, 0) is 71.6 Å². The summed E-state index contributed by atoms with van der Waals surface area (Å²) in [5, 5.41) is 5.73. The molecule has 2 aliphatic rings. The van der Waals surface area contributed by atoms with Gasteiger partial charge in [-0.1, -0.05) is 0 Å². The Balaban J connectivity index is 1.74. The van der Waals surface area contributed by atoms with Gasteiger partial charge in [-0.3, -0.25) is 9.78 Å². The minimum absolute atomic E-state index is 0.0973. The number of ether oxygens (including phenoxy) is 2. The summed E-state index contributed by atoms with van der Waals surface area (Å²) < 4.78 is 78.1. The standard InChI is InChI=1S/C30H37F5N4O4/c1-17-23(18-12-19(31)14-21(13-18)42-26(32)33)24(39-11-10-29(5,16-39)38-27(41)43-28(2,3)4)22(15-36-17)25(40)37-20-6-8-30(34,35)9-7-20/h12-15,20,26H,6-11,16H2,1-5H3,(H,37,40)(H,38,41)/t29-/m0/s1. The van der Waals surface area contributed by atoms with Crippen molar-refractivity contribution in [3.05, 3.63) is 41.5 Å². The predicted octanol–water partition coefficient (Wildman–Crippen LogP) is 6.60. The number of aryl methyl sites for hydroxylation is 1. The SMILES string of the molecule is Cc1ncc(C(=O)NC2CCC(F)(F)CC2)c(N2CC[C@](C)(NC(=O)OC(C)(C)C)C2)c1-c1cc(F)cc(OC(F)F)c1. The van der Waals surface area contributed by atoms with Crippen molar-refractivity contribution in [2.24, 2.45) is 0 Å². The molecule has 2 N–H and O–H groups in total. The molecule has 0 radical (unpaired) electrons. The lowest BCUT2D eigenvalue weighted by Crippen LogP contribution is -2.49. The molecule has 43 heavy (non-hydrogen) atoms. The smallest absolute Gasteiger partial charge is 0.408 e. The van der Waals surface area contributed by atoms with E-state index in [0.717, 1.165) is 12.1 Å². The zero-order valence-corrected chi connectivity index (χ0v) is 24.8. The van der Waals surface area contributed by atoms with Crippen molar-refractivity contribution in [2.75, 3.05) is 18.0 Å². The lowest BCUT2D eigenvalue weighted by Gasteiger charge is -2.31. The Labute approximate surface area is 247 Å². The van der Waals surface area contributed by atoms with Crippen molar-refractivity contribution in [1.29, 1.82) is 0 Å². The van der Waals surface area contributed by atoms with Gasteiger partial charge in [0.15, 0.2) is 0 Å². The van der Waals surface area contributed by atoms with Crippen LogP contribution in [0.3, 0.4) is 0 Å². The molecule has 13 heteroatoms. The fourth-order valence-electron chi connectivity index (χ4n) is 5.56. The van der Waals surface area contributed by atoms with E-state index in [1.165, 1.54) is 12.3 Å². The van der Waals surface area contributed by atoms with Gasteiger partial charge < -0.3 is 25.0 Å². The first-order valence-corrected chi connectivity index (χ1v) is 14.1. The molecule has 0 spiro atoms. The fourth-order valence-corrected chi connectivity index (χ4v) is 5.56. The number of nitrogens with one attached hydrogen (secondary N) is 2. The monoisotopic (exact) mass is 612 g/mol. The van der Waals surface area contributed by atoms with Crippen molar-refractivity contribution in [1.82, 2.24) is 15.6 Å². The van der Waals surface area contributed by atoms with Crippen LogP contribution in [0.2, 0.25) is 0 Å². The second kappa shape index (κ2) is 12.2. The van der Waals surface area contributed by atoms with Crippen molar-refractivity contribution < 1.29 is 41.0 Å². The van der Waals surface area contributed by atoms with Crippen LogP contribution in [0.15, 0.2) is 24.4 Å². The largest absolute Gasteiger partial charge is 0.444 e. The summed E-state index contributed by atoms with van der Waals surface area (Å²) in [6.07, 6.45) is 0.690. The molecule has 1 aliphatic heterocycles. The van der Waals surface area contributed by atoms with E-state index >= 15 is 0 Å². The normalized spacial score (nSPS) is 20.7. The number of carbonyl (C=O) groups excluding carboxylic acids is 2. The Bertz CT molecular complexity index is 1360. The van der Waals surface area contributed by atoms with Gasteiger partial charge in [-0.15, -0.1) is 0 Å². The van der Waals surface area contributed by atoms with E-state index in [0.29, 0.717) is 29.9 Å². The number of hydrogen-bond donors (Lipinski definition) is 2. The summed E-state index contributed by atoms with van der Waals surface area (Å²) in [6.45, 7) is 6.07. The van der Waals surface area contributed by atoms with Crippen LogP contribution >= 0.6 is 0 Å². The van der Waals surface area contributed by atoms with Gasteiger partial charge >= 0.3 is 12.7 Å². The Morgan fingerprint density at radius 1 is 1.12 bits per heavy atom. The number of benzene rings is 1. The molecule has 2 amide bonds. The molecule has 1 saturated carbocycles. The number of amides is 2. The van der Waals surface area contributed by atoms with E-state index in [2.05, 4.69) is 20.4 Å². The maximum atomic E-state index is 14.7. The summed E-state index contributed by atoms with van der Waals surface area (Å²) in [5.41, 5.74) is -0.233. The van der Waals surface area contributed by atoms with E-state index in [-0.39, 0.29) is 43.4 Å². The maximum Gasteiger partial charge on any atom is 0.408 e. The van der Waals surface area contributed by atoms with Crippen LogP contribution in [0.5, 0.6) is 5.75 Å². The molecular formula is C30H37F5N4O4. The van der Waals surface area contributed by atoms with Crippen LogP contribution in [0.4, 0.5) is 32.4 Å². The molecule has 2 aromatic rings. The molecule has 8 nitrogen and oxygen atoms in total. The number of carbonyl (C=O) groups is 2. The predicted molar refractivity (Wildman–Crippen MR) is 150 cm³/mol. The Morgan fingerprint density at radius 2 is 1.79 bits per heavy atom. The first kappa shape index (κ1) is 32.3. The molecule has 2 fully saturated rings. The molecule has 0 bridgehead atoms. The van der Waals surface area contributed by atoms with Crippen molar-refractivity contribution in [2.45, 2.75) is 96.4 Å². The van der Waals surface area contributed by atoms with Gasteiger partial charge in [0.1, 0.15) is 17.2 Å². The number of alkyl carbamates (subject to hydrolysis) is 1. The molecule has 236 valence electrons. The van der Waals surface area contributed by atoms with Crippen LogP contribution in [0.25, 0.3) is 11.1 Å². The van der Waals surface area contributed by atoms with Crippen molar-refractivity contribution in [3.8, 4) is 16.9 Å². The lowest BCUT2D eigenvalue weighted by molar-refractivity contribution is -0.0500. The zero-order valence-electron chi connectivity index (χ0n) is 24.8. The topological polar surface area (TPSA) is 92.8 Å². The van der Waals surface area contributed by atoms with E-state index in [1.54, 1.807) is 27.7 Å². The highest BCUT2D eigenvalue weighted by molar-refractivity contribution is 6.04. The van der Waals surface area contributed by atoms with E-state index in [1.807, 2.05) is 11.8 Å². The first-order valence-electron chi connectivity index (χ1n) is 14.1. The number of halogens is 5. The molecule has 1 saturated heterocycles. The Kier molecular flexibility index (Phi) is 9.13. The number of aromatic nitrogens is 1. The van der Waals surface area contributed by atoms with Crippen LogP contribution in [-0.4, -0.2) is 59.8 Å². The van der Waals surface area contributed by atoms with Crippen molar-refractivity contribution >= 4 is 17.7 Å². The summed E-state index contributed by atoms with van der Waals surface area (Å²) in [5.74, 6) is -4.59. The van der Waals surface area contributed by atoms with Crippen molar-refractivity contribution in [3.63, 3.8) is 0 Å². The summed E-state index contributed by atoms with van der Waals surface area (Å²) >= 11 is 0. The van der Waals surface area contributed by atoms with Crippen LogP contribution < -0.4 is 20.3 Å². The fraction of sp³-hybridized carbons (Fsp3) is 0.567. The summed E-state index contributed by atoms with van der Waals surface area (Å²) in [7, 11) is 0. The van der Waals surface area contributed by atoms with Crippen LogP contribution in [0.1, 0.15) is 75.9 Å². The number of alkyl halides is 4. The van der Waals surface area contributed by atoms with E-state index in [9.17, 15) is 31.5 Å². The van der Waals surface area contributed by atoms with Gasteiger partial charge in [0, 0.05) is 55.5 Å². The third-order valence-corrected chi connectivity index (χ3v) is 7.52. The highest BCUT2D eigenvalue weighted by Crippen LogP contribution is 2.41. The highest BCUT2D eigenvalue weighted by atomic mass is 19.3. The van der Waals surface area contributed by atoms with Gasteiger partial charge in [0.05, 0.1) is 16.8 Å². The summed E-state index contributed by atoms with van der Waals surface area (Å²) in [4.78, 5) is 32.5. The molecule has 1 aromatic carbocycles.